The van der Waals surface area contributed by atoms with E-state index in [1.807, 2.05) is 63.3 Å². The molecule has 2 aromatic carbocycles. The van der Waals surface area contributed by atoms with Gasteiger partial charge in [0.2, 0.25) is 11.6 Å². The van der Waals surface area contributed by atoms with Gasteiger partial charge in [0.05, 0.1) is 11.1 Å². The second kappa shape index (κ2) is 9.56. The number of carbonyl (C=O) groups excluding carboxylic acids is 2. The third-order valence-corrected chi connectivity index (χ3v) is 6.65. The summed E-state index contributed by atoms with van der Waals surface area (Å²) in [4.78, 5) is 33.0. The first-order valence-corrected chi connectivity index (χ1v) is 12.3. The van der Waals surface area contributed by atoms with Crippen molar-refractivity contribution in [2.75, 3.05) is 0 Å². The van der Waals surface area contributed by atoms with Crippen molar-refractivity contribution >= 4 is 50.6 Å². The number of hydrogen-bond donors (Lipinski definition) is 4. The molecule has 0 fully saturated rings. The van der Waals surface area contributed by atoms with Gasteiger partial charge in [0.15, 0.2) is 11.5 Å². The molecule has 0 amide bonds. The highest BCUT2D eigenvalue weighted by atomic mass is 16.3. The van der Waals surface area contributed by atoms with Gasteiger partial charge < -0.3 is 20.2 Å². The van der Waals surface area contributed by atoms with Gasteiger partial charge in [0, 0.05) is 45.3 Å². The molecule has 0 saturated heterocycles. The molecular formula is C32H28N2O4. The number of carbonyl (C=O) groups is 2. The Morgan fingerprint density at radius 3 is 1.95 bits per heavy atom. The molecule has 4 N–H and O–H groups in total. The number of aliphatic hydroxyl groups is 2. The third kappa shape index (κ3) is 4.30. The van der Waals surface area contributed by atoms with E-state index >= 15 is 0 Å². The number of ketones is 2. The first-order chi connectivity index (χ1) is 18.2. The molecule has 6 heteroatoms. The molecule has 0 radical (unpaired) electrons. The summed E-state index contributed by atoms with van der Waals surface area (Å²) in [5.41, 5.74) is 5.89. The first kappa shape index (κ1) is 24.8. The maximum Gasteiger partial charge on any atom is 0.232 e. The number of benzene rings is 2. The van der Waals surface area contributed by atoms with Gasteiger partial charge in [0.25, 0.3) is 0 Å². The Kier molecular flexibility index (Phi) is 6.25. The molecular weight excluding hydrogens is 476 g/mol. The van der Waals surface area contributed by atoms with Crippen molar-refractivity contribution < 1.29 is 19.8 Å². The van der Waals surface area contributed by atoms with E-state index in [9.17, 15) is 19.8 Å². The molecule has 0 unspecified atom stereocenters. The Hall–Kier alpha value is -4.84. The van der Waals surface area contributed by atoms with Crippen molar-refractivity contribution in [1.29, 1.82) is 0 Å². The summed E-state index contributed by atoms with van der Waals surface area (Å²) in [7, 11) is 0. The van der Waals surface area contributed by atoms with Crippen LogP contribution in [0, 0.1) is 0 Å². The number of aromatic nitrogens is 2. The number of allylic oxidation sites excluding steroid dienone is 6. The number of aliphatic hydroxyl groups excluding tert-OH is 2. The number of Topliss-reactive ketones (excluding diaryl/α,β-unsaturated/α-hetero) is 2. The lowest BCUT2D eigenvalue weighted by molar-refractivity contribution is -0.116. The van der Waals surface area contributed by atoms with Gasteiger partial charge in [0.1, 0.15) is 0 Å². The summed E-state index contributed by atoms with van der Waals surface area (Å²) in [6.07, 6.45) is 9.84. The molecule has 0 spiro atoms. The minimum absolute atomic E-state index is 0.216. The minimum atomic E-state index is -0.807. The Bertz CT molecular complexity index is 1780. The SMILES string of the molecule is C=C(C)C=Cc1ccc2c(C3=C(O)C(=O)C(c4c[nH]c5cc(CC=C(C)C)ccc45)=C(O)C3=O)c[nH]c2c1. The third-order valence-electron chi connectivity index (χ3n) is 6.65. The van der Waals surface area contributed by atoms with Crippen LogP contribution in [0.25, 0.3) is 39.0 Å². The maximum atomic E-state index is 13.4. The number of H-pyrrole nitrogens is 2. The first-order valence-electron chi connectivity index (χ1n) is 12.3. The average Bonchev–Trinajstić information content (AvgIpc) is 3.49. The summed E-state index contributed by atoms with van der Waals surface area (Å²) in [6.45, 7) is 9.83. The maximum absolute atomic E-state index is 13.4. The van der Waals surface area contributed by atoms with Gasteiger partial charge in [-0.3, -0.25) is 9.59 Å². The van der Waals surface area contributed by atoms with Gasteiger partial charge in [-0.15, -0.1) is 0 Å². The lowest BCUT2D eigenvalue weighted by Gasteiger charge is -2.17. The van der Waals surface area contributed by atoms with Crippen LogP contribution < -0.4 is 0 Å². The molecule has 1 aliphatic carbocycles. The number of aromatic amines is 2. The highest BCUT2D eigenvalue weighted by molar-refractivity contribution is 6.48. The van der Waals surface area contributed by atoms with Gasteiger partial charge in [-0.1, -0.05) is 60.2 Å². The van der Waals surface area contributed by atoms with E-state index in [2.05, 4.69) is 22.6 Å². The smallest absolute Gasteiger partial charge is 0.232 e. The van der Waals surface area contributed by atoms with Crippen LogP contribution in [0.1, 0.15) is 43.0 Å². The molecule has 2 heterocycles. The van der Waals surface area contributed by atoms with Crippen molar-refractivity contribution in [2.24, 2.45) is 0 Å². The fourth-order valence-corrected chi connectivity index (χ4v) is 4.70. The number of hydrogen-bond acceptors (Lipinski definition) is 4. The molecule has 6 nitrogen and oxygen atoms in total. The van der Waals surface area contributed by atoms with Crippen molar-refractivity contribution in [3.63, 3.8) is 0 Å². The molecule has 38 heavy (non-hydrogen) atoms. The van der Waals surface area contributed by atoms with Crippen LogP contribution in [0.5, 0.6) is 0 Å². The summed E-state index contributed by atoms with van der Waals surface area (Å²) in [5, 5.41) is 23.3. The zero-order chi connectivity index (χ0) is 27.1. The fourth-order valence-electron chi connectivity index (χ4n) is 4.70. The lowest BCUT2D eigenvalue weighted by atomic mass is 9.86. The molecule has 4 aromatic rings. The molecule has 190 valence electrons. The summed E-state index contributed by atoms with van der Waals surface area (Å²) in [6, 6.07) is 11.3. The molecule has 0 saturated carbocycles. The zero-order valence-electron chi connectivity index (χ0n) is 21.5. The van der Waals surface area contributed by atoms with Crippen molar-refractivity contribution in [1.82, 2.24) is 9.97 Å². The van der Waals surface area contributed by atoms with Crippen molar-refractivity contribution in [2.45, 2.75) is 27.2 Å². The number of nitrogens with one attached hydrogen (secondary N) is 2. The highest BCUT2D eigenvalue weighted by Crippen LogP contribution is 2.38. The normalized spacial score (nSPS) is 14.4. The molecule has 1 aliphatic rings. The van der Waals surface area contributed by atoms with Crippen LogP contribution in [-0.4, -0.2) is 31.7 Å². The summed E-state index contributed by atoms with van der Waals surface area (Å²) >= 11 is 0. The monoisotopic (exact) mass is 504 g/mol. The molecule has 0 aliphatic heterocycles. The Balaban J connectivity index is 1.54. The summed E-state index contributed by atoms with van der Waals surface area (Å²) < 4.78 is 0. The Labute approximate surface area is 220 Å². The van der Waals surface area contributed by atoms with E-state index in [1.165, 1.54) is 5.57 Å². The predicted octanol–water partition coefficient (Wildman–Crippen LogP) is 7.14. The molecule has 2 aromatic heterocycles. The van der Waals surface area contributed by atoms with Gasteiger partial charge in [-0.25, -0.2) is 0 Å². The lowest BCUT2D eigenvalue weighted by Crippen LogP contribution is -2.22. The van der Waals surface area contributed by atoms with Gasteiger partial charge >= 0.3 is 0 Å². The van der Waals surface area contributed by atoms with Crippen LogP contribution in [0.3, 0.4) is 0 Å². The molecule has 0 atom stereocenters. The standard InChI is InChI=1S/C32H28N2O4/c1-17(2)5-7-19-9-11-21-23(15-33-25(21)13-19)27-29(35)31(37)28(32(38)30(27)36)24-16-34-26-14-20(8-6-18(3)4)10-12-22(24)26/h5-7,9-16,33-35,38H,1,8H2,2-4H3. The van der Waals surface area contributed by atoms with E-state index < -0.39 is 23.1 Å². The Morgan fingerprint density at radius 1 is 0.842 bits per heavy atom. The van der Waals surface area contributed by atoms with E-state index in [0.29, 0.717) is 21.9 Å². The number of fused-ring (bicyclic) bond motifs is 2. The largest absolute Gasteiger partial charge is 0.504 e. The Morgan fingerprint density at radius 2 is 1.39 bits per heavy atom. The summed E-state index contributed by atoms with van der Waals surface area (Å²) in [5.74, 6) is -2.99. The van der Waals surface area contributed by atoms with Crippen molar-refractivity contribution in [3.05, 3.63) is 112 Å². The molecule has 0 bridgehead atoms. The second-order valence-corrected chi connectivity index (χ2v) is 9.86. The van der Waals surface area contributed by atoms with E-state index in [-0.39, 0.29) is 11.1 Å². The predicted molar refractivity (Wildman–Crippen MR) is 153 cm³/mol. The van der Waals surface area contributed by atoms with E-state index in [4.69, 9.17) is 0 Å². The fraction of sp³-hybridized carbons (Fsp3) is 0.125. The quantitative estimate of drug-likeness (QED) is 0.127. The van der Waals surface area contributed by atoms with E-state index in [0.717, 1.165) is 34.2 Å². The van der Waals surface area contributed by atoms with Crippen LogP contribution in [0.15, 0.2) is 90.2 Å². The topological polar surface area (TPSA) is 106 Å². The zero-order valence-corrected chi connectivity index (χ0v) is 21.5. The van der Waals surface area contributed by atoms with Crippen LogP contribution in [-0.2, 0) is 16.0 Å². The second-order valence-electron chi connectivity index (χ2n) is 9.86. The highest BCUT2D eigenvalue weighted by Gasteiger charge is 2.38. The van der Waals surface area contributed by atoms with Gasteiger partial charge in [-0.2, -0.15) is 0 Å². The molecule has 5 rings (SSSR count). The van der Waals surface area contributed by atoms with Crippen LogP contribution >= 0.6 is 0 Å². The van der Waals surface area contributed by atoms with Crippen LogP contribution in [0.4, 0.5) is 0 Å². The van der Waals surface area contributed by atoms with Gasteiger partial charge in [-0.05, 0) is 50.5 Å². The van der Waals surface area contributed by atoms with E-state index in [1.54, 1.807) is 18.5 Å². The van der Waals surface area contributed by atoms with Crippen molar-refractivity contribution in [3.8, 4) is 0 Å². The number of rotatable bonds is 6. The minimum Gasteiger partial charge on any atom is -0.504 e. The van der Waals surface area contributed by atoms with Crippen LogP contribution in [0.2, 0.25) is 0 Å². The average molecular weight is 505 g/mol.